The number of piperazine rings is 1. The van der Waals surface area contributed by atoms with Crippen molar-refractivity contribution < 1.29 is 9.21 Å². The van der Waals surface area contributed by atoms with Crippen LogP contribution in [0.1, 0.15) is 48.6 Å². The Bertz CT molecular complexity index is 1160. The van der Waals surface area contributed by atoms with Crippen molar-refractivity contribution in [3.8, 4) is 0 Å². The molecule has 2 aromatic heterocycles. The lowest BCUT2D eigenvalue weighted by atomic mass is 9.96. The summed E-state index contributed by atoms with van der Waals surface area (Å²) in [6.45, 7) is 10.6. The van der Waals surface area contributed by atoms with Crippen LogP contribution < -0.4 is 5.73 Å². The highest BCUT2D eigenvalue weighted by atomic mass is 16.4. The van der Waals surface area contributed by atoms with E-state index in [2.05, 4.69) is 41.7 Å². The number of benzene rings is 1. The molecule has 8 heteroatoms. The standard InChI is InChI=1S/C23H28N6O2/c1-23(2,3)28-10-8-27(9-11-28)21(30)18-13-25-20-7-5-16(14-29(18)20)15-4-6-19-17(12-15)26-22(24)31-19/h4-7,12-13,16H,8-11,14H2,1-3H3,(H2,24,26). The molecule has 0 bridgehead atoms. The van der Waals surface area contributed by atoms with Gasteiger partial charge in [0, 0.05) is 44.2 Å². The molecular weight excluding hydrogens is 392 g/mol. The first-order valence-corrected chi connectivity index (χ1v) is 10.7. The number of nitrogens with zero attached hydrogens (tertiary/aromatic N) is 5. The summed E-state index contributed by atoms with van der Waals surface area (Å²) in [5.41, 5.74) is 8.98. The van der Waals surface area contributed by atoms with Gasteiger partial charge in [0.1, 0.15) is 17.0 Å². The predicted molar refractivity (Wildman–Crippen MR) is 120 cm³/mol. The number of amides is 1. The Hall–Kier alpha value is -3.13. The van der Waals surface area contributed by atoms with E-state index >= 15 is 0 Å². The number of aromatic nitrogens is 3. The number of hydrogen-bond donors (Lipinski definition) is 1. The van der Waals surface area contributed by atoms with Crippen molar-refractivity contribution >= 4 is 29.1 Å². The quantitative estimate of drug-likeness (QED) is 0.685. The van der Waals surface area contributed by atoms with Gasteiger partial charge in [0.2, 0.25) is 0 Å². The number of anilines is 1. The highest BCUT2D eigenvalue weighted by molar-refractivity contribution is 5.93. The summed E-state index contributed by atoms with van der Waals surface area (Å²) in [6.07, 6.45) is 5.83. The molecule has 1 amide bonds. The van der Waals surface area contributed by atoms with Gasteiger partial charge >= 0.3 is 0 Å². The minimum atomic E-state index is 0.0566. The fraction of sp³-hybridized carbons (Fsp3) is 0.435. The fourth-order valence-electron chi connectivity index (χ4n) is 4.50. The summed E-state index contributed by atoms with van der Waals surface area (Å²) in [7, 11) is 0. The second-order valence-corrected chi connectivity index (χ2v) is 9.31. The first kappa shape index (κ1) is 19.8. The van der Waals surface area contributed by atoms with Crippen LogP contribution in [0.3, 0.4) is 0 Å². The third kappa shape index (κ3) is 3.61. The highest BCUT2D eigenvalue weighted by Crippen LogP contribution is 2.30. The summed E-state index contributed by atoms with van der Waals surface area (Å²) < 4.78 is 7.41. The molecule has 0 aliphatic carbocycles. The van der Waals surface area contributed by atoms with Crippen LogP contribution in [-0.2, 0) is 6.54 Å². The third-order valence-electron chi connectivity index (χ3n) is 6.33. The summed E-state index contributed by atoms with van der Waals surface area (Å²) >= 11 is 0. The van der Waals surface area contributed by atoms with E-state index in [1.54, 1.807) is 6.20 Å². The second-order valence-electron chi connectivity index (χ2n) is 9.31. The molecule has 8 nitrogen and oxygen atoms in total. The van der Waals surface area contributed by atoms with Gasteiger partial charge in [-0.25, -0.2) is 4.98 Å². The Morgan fingerprint density at radius 1 is 1.19 bits per heavy atom. The normalized spacial score (nSPS) is 19.7. The molecule has 1 saturated heterocycles. The van der Waals surface area contributed by atoms with Gasteiger partial charge in [-0.3, -0.25) is 9.69 Å². The first-order valence-electron chi connectivity index (χ1n) is 10.7. The zero-order valence-electron chi connectivity index (χ0n) is 18.2. The topological polar surface area (TPSA) is 93.4 Å². The van der Waals surface area contributed by atoms with Crippen molar-refractivity contribution in [1.29, 1.82) is 0 Å². The third-order valence-corrected chi connectivity index (χ3v) is 6.33. The minimum absolute atomic E-state index is 0.0566. The number of allylic oxidation sites excluding steroid dienone is 1. The molecule has 2 N–H and O–H groups in total. The largest absolute Gasteiger partial charge is 0.424 e. The van der Waals surface area contributed by atoms with Crippen molar-refractivity contribution in [2.75, 3.05) is 31.9 Å². The molecule has 31 heavy (non-hydrogen) atoms. The van der Waals surface area contributed by atoms with E-state index in [0.717, 1.165) is 43.1 Å². The van der Waals surface area contributed by atoms with E-state index in [1.165, 1.54) is 0 Å². The van der Waals surface area contributed by atoms with E-state index in [0.29, 0.717) is 17.8 Å². The van der Waals surface area contributed by atoms with E-state index < -0.39 is 0 Å². The van der Waals surface area contributed by atoms with Gasteiger partial charge < -0.3 is 19.6 Å². The van der Waals surface area contributed by atoms with Crippen molar-refractivity contribution in [3.05, 3.63) is 47.6 Å². The molecule has 162 valence electrons. The van der Waals surface area contributed by atoms with Crippen molar-refractivity contribution in [3.63, 3.8) is 0 Å². The number of rotatable bonds is 2. The van der Waals surface area contributed by atoms with Gasteiger partial charge in [0.25, 0.3) is 11.9 Å². The van der Waals surface area contributed by atoms with Crippen LogP contribution in [0, 0.1) is 0 Å². The van der Waals surface area contributed by atoms with E-state index in [1.807, 2.05) is 33.7 Å². The molecule has 1 atom stereocenters. The molecule has 3 aromatic rings. The maximum atomic E-state index is 13.3. The SMILES string of the molecule is CC(C)(C)N1CCN(C(=O)c2cnc3n2CC(c2ccc4oc(N)nc4c2)C=C3)CC1. The van der Waals surface area contributed by atoms with Crippen LogP contribution in [0.25, 0.3) is 17.2 Å². The Morgan fingerprint density at radius 2 is 1.97 bits per heavy atom. The first-order chi connectivity index (χ1) is 14.8. The number of hydrogen-bond acceptors (Lipinski definition) is 6. The molecule has 2 aliphatic rings. The average Bonchev–Trinajstić information content (AvgIpc) is 3.34. The molecule has 1 fully saturated rings. The van der Waals surface area contributed by atoms with E-state index in [9.17, 15) is 4.79 Å². The van der Waals surface area contributed by atoms with Crippen LogP contribution in [0.15, 0.2) is 34.9 Å². The van der Waals surface area contributed by atoms with Gasteiger partial charge in [-0.1, -0.05) is 12.1 Å². The predicted octanol–water partition coefficient (Wildman–Crippen LogP) is 2.97. The lowest BCUT2D eigenvalue weighted by Gasteiger charge is -2.42. The monoisotopic (exact) mass is 420 g/mol. The van der Waals surface area contributed by atoms with Gasteiger partial charge in [0.05, 0.1) is 6.20 Å². The Morgan fingerprint density at radius 3 is 2.71 bits per heavy atom. The van der Waals surface area contributed by atoms with Crippen LogP contribution in [0.2, 0.25) is 0 Å². The summed E-state index contributed by atoms with van der Waals surface area (Å²) in [4.78, 5) is 26.4. The van der Waals surface area contributed by atoms with Gasteiger partial charge in [-0.05, 0) is 44.5 Å². The molecule has 5 rings (SSSR count). The molecule has 4 heterocycles. The zero-order chi connectivity index (χ0) is 21.8. The van der Waals surface area contributed by atoms with Gasteiger partial charge in [-0.15, -0.1) is 0 Å². The highest BCUT2D eigenvalue weighted by Gasteiger charge is 2.30. The number of nitrogens with two attached hydrogens (primary N) is 1. The number of oxazole rings is 1. The fourth-order valence-corrected chi connectivity index (χ4v) is 4.50. The van der Waals surface area contributed by atoms with Gasteiger partial charge in [0.15, 0.2) is 5.58 Å². The summed E-state index contributed by atoms with van der Waals surface area (Å²) in [6, 6.07) is 6.09. The number of nitrogen functional groups attached to an aromatic ring is 1. The smallest absolute Gasteiger partial charge is 0.292 e. The minimum Gasteiger partial charge on any atom is -0.424 e. The second kappa shape index (κ2) is 7.23. The maximum Gasteiger partial charge on any atom is 0.292 e. The van der Waals surface area contributed by atoms with Crippen LogP contribution in [-0.4, -0.2) is 62.0 Å². The zero-order valence-corrected chi connectivity index (χ0v) is 18.2. The van der Waals surface area contributed by atoms with Crippen LogP contribution in [0.5, 0.6) is 0 Å². The maximum absolute atomic E-state index is 13.3. The molecule has 0 radical (unpaired) electrons. The molecule has 0 saturated carbocycles. The van der Waals surface area contributed by atoms with E-state index in [-0.39, 0.29) is 23.4 Å². The molecular formula is C23H28N6O2. The lowest BCUT2D eigenvalue weighted by Crippen LogP contribution is -2.54. The average molecular weight is 421 g/mol. The van der Waals surface area contributed by atoms with Crippen LogP contribution in [0.4, 0.5) is 6.01 Å². The molecule has 0 spiro atoms. The lowest BCUT2D eigenvalue weighted by molar-refractivity contribution is 0.0443. The number of carbonyl (C=O) groups excluding carboxylic acids is 1. The van der Waals surface area contributed by atoms with E-state index in [4.69, 9.17) is 10.2 Å². The Labute approximate surface area is 181 Å². The number of carbonyl (C=O) groups is 1. The molecule has 1 unspecified atom stereocenters. The van der Waals surface area contributed by atoms with Crippen LogP contribution >= 0.6 is 0 Å². The summed E-state index contributed by atoms with van der Waals surface area (Å²) in [5.74, 6) is 0.995. The molecule has 1 aromatic carbocycles. The number of imidazole rings is 1. The van der Waals surface area contributed by atoms with Crippen molar-refractivity contribution in [2.45, 2.75) is 38.8 Å². The molecule has 2 aliphatic heterocycles. The Balaban J connectivity index is 1.35. The summed E-state index contributed by atoms with van der Waals surface area (Å²) in [5, 5.41) is 0. The van der Waals surface area contributed by atoms with Crippen molar-refractivity contribution in [1.82, 2.24) is 24.3 Å². The Kier molecular flexibility index (Phi) is 4.62. The van der Waals surface area contributed by atoms with Gasteiger partial charge in [-0.2, -0.15) is 4.98 Å². The number of fused-ring (bicyclic) bond motifs is 2. The van der Waals surface area contributed by atoms with Crippen molar-refractivity contribution in [2.24, 2.45) is 0 Å².